The molecule has 178 valence electrons. The molecular weight excluding hydrogens is 415 g/mol. The Labute approximate surface area is 192 Å². The van der Waals surface area contributed by atoms with E-state index in [9.17, 15) is 18.7 Å². The number of ether oxygens (including phenoxy) is 2. The number of dihydropyridines is 1. The molecule has 2 radical (unpaired) electrons. The molecule has 32 heavy (non-hydrogen) atoms. The zero-order valence-electron chi connectivity index (χ0n) is 20.5. The van der Waals surface area contributed by atoms with Crippen molar-refractivity contribution < 1.29 is 28.2 Å². The van der Waals surface area contributed by atoms with E-state index < -0.39 is 24.0 Å². The Morgan fingerprint density at radius 1 is 1.16 bits per heavy atom. The maximum Gasteiger partial charge on any atom is 0.338 e. The van der Waals surface area contributed by atoms with Crippen LogP contribution in [0, 0.1) is 5.41 Å². The summed E-state index contributed by atoms with van der Waals surface area (Å²) in [6.07, 6.45) is 0.0495. The second-order valence-corrected chi connectivity index (χ2v) is 8.43. The van der Waals surface area contributed by atoms with Crippen molar-refractivity contribution in [2.45, 2.75) is 66.5 Å². The van der Waals surface area contributed by atoms with E-state index in [2.05, 4.69) is 5.32 Å². The zero-order chi connectivity index (χ0) is 25.3. The van der Waals surface area contributed by atoms with E-state index >= 15 is 0 Å². The van der Waals surface area contributed by atoms with Crippen molar-refractivity contribution in [1.29, 1.82) is 0 Å². The van der Waals surface area contributed by atoms with Crippen molar-refractivity contribution >= 4 is 24.9 Å². The first-order valence-corrected chi connectivity index (χ1v) is 10.4. The van der Waals surface area contributed by atoms with Crippen LogP contribution in [0.3, 0.4) is 0 Å². The Balaban J connectivity index is 0.000000814. The van der Waals surface area contributed by atoms with Gasteiger partial charge in [-0.25, -0.2) is 13.6 Å². The molecule has 2 N–H and O–H groups in total. The third kappa shape index (κ3) is 8.30. The van der Waals surface area contributed by atoms with Gasteiger partial charge in [-0.05, 0) is 37.0 Å². The number of carbonyl (C=O) groups excluding carboxylic acids is 1. The fourth-order valence-electron chi connectivity index (χ4n) is 2.17. The van der Waals surface area contributed by atoms with Gasteiger partial charge in [0.05, 0.1) is 25.4 Å². The largest absolute Gasteiger partial charge is 0.495 e. The number of hydrogen-bond donors (Lipinski definition) is 2. The highest BCUT2D eigenvalue weighted by Gasteiger charge is 2.29. The number of benzene rings is 1. The van der Waals surface area contributed by atoms with Crippen LogP contribution in [0.1, 0.15) is 64.4 Å². The minimum Gasteiger partial charge on any atom is -0.495 e. The summed E-state index contributed by atoms with van der Waals surface area (Å²) in [6, 6.07) is 3.38. The maximum absolute atomic E-state index is 13.0. The number of carbonyl (C=O) groups is 1. The zero-order valence-corrected chi connectivity index (χ0v) is 20.5. The Morgan fingerprint density at radius 3 is 2.09 bits per heavy atom. The fraction of sp³-hybridized carbons (Fsp3) is 0.542. The predicted octanol–water partition coefficient (Wildman–Crippen LogP) is 4.20. The molecule has 8 heteroatoms. The lowest BCUT2D eigenvalue weighted by atomic mass is 9.79. The van der Waals surface area contributed by atoms with E-state index in [0.29, 0.717) is 22.4 Å². The number of halogens is 2. The molecule has 0 fully saturated rings. The summed E-state index contributed by atoms with van der Waals surface area (Å²) in [5.74, 6) is -0.258. The molecule has 0 saturated carbocycles. The number of aliphatic hydroxyl groups is 1. The molecular formula is C24H36BF2NO4. The molecule has 1 aliphatic heterocycles. The lowest BCUT2D eigenvalue weighted by molar-refractivity contribution is -0.0238. The van der Waals surface area contributed by atoms with Crippen LogP contribution in [0.15, 0.2) is 36.2 Å². The molecule has 1 heterocycles. The van der Waals surface area contributed by atoms with Gasteiger partial charge < -0.3 is 19.9 Å². The average Bonchev–Trinajstić information content (AvgIpc) is 2.73. The van der Waals surface area contributed by atoms with Crippen molar-refractivity contribution in [1.82, 2.24) is 5.32 Å². The topological polar surface area (TPSA) is 67.8 Å². The van der Waals surface area contributed by atoms with Gasteiger partial charge in [-0.15, -0.1) is 0 Å². The second-order valence-electron chi connectivity index (χ2n) is 8.43. The summed E-state index contributed by atoms with van der Waals surface area (Å²) >= 11 is 0. The van der Waals surface area contributed by atoms with Crippen LogP contribution in [-0.2, 0) is 9.47 Å². The molecule has 1 aromatic rings. The normalized spacial score (nSPS) is 15.7. The number of nitrogens with one attached hydrogen (secondary N) is 1. The van der Waals surface area contributed by atoms with Gasteiger partial charge in [0.15, 0.2) is 0 Å². The molecule has 0 spiro atoms. The highest BCUT2D eigenvalue weighted by Crippen LogP contribution is 2.30. The quantitative estimate of drug-likeness (QED) is 0.531. The summed E-state index contributed by atoms with van der Waals surface area (Å²) in [6.45, 7) is 13.7. The van der Waals surface area contributed by atoms with Gasteiger partial charge in [0.25, 0.3) is 6.43 Å². The van der Waals surface area contributed by atoms with Gasteiger partial charge in [-0.2, -0.15) is 0 Å². The van der Waals surface area contributed by atoms with Crippen LogP contribution in [0.4, 0.5) is 8.78 Å². The van der Waals surface area contributed by atoms with Gasteiger partial charge in [0.1, 0.15) is 19.6 Å². The number of allylic oxidation sites excluding steroid dienone is 1. The first kappa shape index (κ1) is 29.7. The van der Waals surface area contributed by atoms with Gasteiger partial charge in [0.2, 0.25) is 0 Å². The van der Waals surface area contributed by atoms with Crippen LogP contribution < -0.4 is 10.8 Å². The molecule has 5 nitrogen and oxygen atoms in total. The third-order valence-electron chi connectivity index (χ3n) is 5.08. The van der Waals surface area contributed by atoms with Crippen LogP contribution in [0.5, 0.6) is 0 Å². The van der Waals surface area contributed by atoms with E-state index in [0.717, 1.165) is 0 Å². The third-order valence-corrected chi connectivity index (χ3v) is 5.08. The Kier molecular flexibility index (Phi) is 11.7. The van der Waals surface area contributed by atoms with E-state index in [1.54, 1.807) is 0 Å². The van der Waals surface area contributed by atoms with Crippen LogP contribution in [0.25, 0.3) is 5.57 Å². The predicted molar refractivity (Wildman–Crippen MR) is 126 cm³/mol. The molecule has 0 aliphatic carbocycles. The highest BCUT2D eigenvalue weighted by atomic mass is 19.3. The Bertz CT molecular complexity index is 797. The highest BCUT2D eigenvalue weighted by molar-refractivity contribution is 6.32. The molecule has 0 saturated heterocycles. The second kappa shape index (κ2) is 12.6. The smallest absolute Gasteiger partial charge is 0.338 e. The standard InChI is InChI=1S/C15H14BF2NO3.C7H16O.C2H6/c1-21-13-7-19-12(14(17)18)6-11(13)10-5-8(16)3-4-9(10)15(20)22-2;1-6(2,3)7(4,5)8;1-2/h3-7,12,14,19H,1-2H3;8H,1-5H3;1-2H3. The summed E-state index contributed by atoms with van der Waals surface area (Å²) in [4.78, 5) is 11.9. The lowest BCUT2D eigenvalue weighted by Gasteiger charge is -2.33. The monoisotopic (exact) mass is 451 g/mol. The molecule has 1 aliphatic rings. The van der Waals surface area contributed by atoms with E-state index in [1.807, 2.05) is 48.5 Å². The minimum atomic E-state index is -2.60. The summed E-state index contributed by atoms with van der Waals surface area (Å²) in [5, 5.41) is 11.9. The van der Waals surface area contributed by atoms with Gasteiger partial charge in [-0.1, -0.05) is 52.2 Å². The number of alkyl halides is 2. The van der Waals surface area contributed by atoms with Crippen LogP contribution in [0.2, 0.25) is 0 Å². The van der Waals surface area contributed by atoms with E-state index in [1.165, 1.54) is 44.7 Å². The van der Waals surface area contributed by atoms with Crippen molar-refractivity contribution in [3.63, 3.8) is 0 Å². The lowest BCUT2D eigenvalue weighted by Crippen LogP contribution is -2.35. The molecule has 1 atom stereocenters. The average molecular weight is 451 g/mol. The number of hydrogen-bond acceptors (Lipinski definition) is 5. The van der Waals surface area contributed by atoms with Crippen molar-refractivity contribution in [2.24, 2.45) is 5.41 Å². The van der Waals surface area contributed by atoms with E-state index in [-0.39, 0.29) is 11.0 Å². The van der Waals surface area contributed by atoms with Crippen LogP contribution in [-0.4, -0.2) is 51.2 Å². The molecule has 0 aromatic heterocycles. The van der Waals surface area contributed by atoms with Gasteiger partial charge in [0, 0.05) is 11.8 Å². The van der Waals surface area contributed by atoms with Gasteiger partial charge >= 0.3 is 5.97 Å². The minimum absolute atomic E-state index is 0.00694. The Hall–Kier alpha value is -2.35. The molecule has 0 bridgehead atoms. The summed E-state index contributed by atoms with van der Waals surface area (Å²) in [7, 11) is 8.41. The molecule has 2 rings (SSSR count). The molecule has 1 aromatic carbocycles. The van der Waals surface area contributed by atoms with Crippen LogP contribution >= 0.6 is 0 Å². The number of esters is 1. The first-order chi connectivity index (χ1) is 14.7. The first-order valence-electron chi connectivity index (χ1n) is 10.4. The summed E-state index contributed by atoms with van der Waals surface area (Å²) in [5.41, 5.74) is 0.790. The molecule has 1 unspecified atom stereocenters. The van der Waals surface area contributed by atoms with Crippen molar-refractivity contribution in [3.8, 4) is 0 Å². The number of rotatable bonds is 4. The van der Waals surface area contributed by atoms with Crippen molar-refractivity contribution in [3.05, 3.63) is 47.4 Å². The van der Waals surface area contributed by atoms with E-state index in [4.69, 9.17) is 17.3 Å². The Morgan fingerprint density at radius 2 is 1.69 bits per heavy atom. The van der Waals surface area contributed by atoms with Crippen molar-refractivity contribution in [2.75, 3.05) is 14.2 Å². The van der Waals surface area contributed by atoms with Gasteiger partial charge in [-0.3, -0.25) is 0 Å². The fourth-order valence-corrected chi connectivity index (χ4v) is 2.17. The summed E-state index contributed by atoms with van der Waals surface area (Å²) < 4.78 is 35.8. The number of methoxy groups -OCH3 is 2. The molecule has 0 amide bonds. The SMILES string of the molecule is CC.CC(C)(C)C(C)(C)O.[B]c1ccc(C(=O)OC)c(C2=CC(C(F)F)NC=C2OC)c1. The maximum atomic E-state index is 13.0.